The molecule has 10 heavy (non-hydrogen) atoms. The van der Waals surface area contributed by atoms with Gasteiger partial charge in [-0.2, -0.15) is 0 Å². The van der Waals surface area contributed by atoms with Crippen LogP contribution in [0.25, 0.3) is 0 Å². The average Bonchev–Trinajstić information content (AvgIpc) is 2.09. The molecule has 2 atom stereocenters. The fourth-order valence-electron chi connectivity index (χ4n) is 0.878. The van der Waals surface area contributed by atoms with Gasteiger partial charge in [-0.15, -0.1) is 11.8 Å². The van der Waals surface area contributed by atoms with Crippen LogP contribution in [0.4, 0.5) is 0 Å². The molecule has 0 bridgehead atoms. The third-order valence-corrected chi connectivity index (χ3v) is 2.62. The fourth-order valence-corrected chi connectivity index (χ4v) is 1.64. The molecule has 0 spiro atoms. The molecule has 0 aromatic heterocycles. The van der Waals surface area contributed by atoms with Gasteiger partial charge in [0, 0.05) is 0 Å². The lowest BCUT2D eigenvalue weighted by Gasteiger charge is -2.02. The summed E-state index contributed by atoms with van der Waals surface area (Å²) < 4.78 is 4.38. The summed E-state index contributed by atoms with van der Waals surface area (Å²) in [5, 5.41) is -0.285. The van der Waals surface area contributed by atoms with Gasteiger partial charge in [0.2, 0.25) is 0 Å². The molecule has 1 rings (SSSR count). The van der Waals surface area contributed by atoms with E-state index in [4.69, 9.17) is 0 Å². The van der Waals surface area contributed by atoms with Crippen LogP contribution in [0.2, 0.25) is 0 Å². The van der Waals surface area contributed by atoms with Crippen molar-refractivity contribution in [3.05, 3.63) is 0 Å². The molecule has 0 saturated carbocycles. The van der Waals surface area contributed by atoms with Gasteiger partial charge >= 0.3 is 11.9 Å². The molecule has 1 aliphatic rings. The maximum atomic E-state index is 10.8. The van der Waals surface area contributed by atoms with E-state index in [0.717, 1.165) is 0 Å². The van der Waals surface area contributed by atoms with Crippen LogP contribution < -0.4 is 0 Å². The molecule has 1 heterocycles. The Labute approximate surface area is 63.1 Å². The first-order valence-corrected chi connectivity index (χ1v) is 4.24. The molecule has 0 radical (unpaired) electrons. The van der Waals surface area contributed by atoms with Crippen LogP contribution in [-0.2, 0) is 14.3 Å². The number of carbonyl (C=O) groups excluding carboxylic acids is 2. The first kappa shape index (κ1) is 7.60. The lowest BCUT2D eigenvalue weighted by atomic mass is 10.1. The second-order valence-corrected chi connectivity index (χ2v) is 3.16. The molecule has 1 aliphatic heterocycles. The lowest BCUT2D eigenvalue weighted by molar-refractivity contribution is -0.152. The van der Waals surface area contributed by atoms with Crippen LogP contribution >= 0.6 is 11.8 Å². The van der Waals surface area contributed by atoms with Crippen LogP contribution in [0.3, 0.4) is 0 Å². The van der Waals surface area contributed by atoms with Crippen molar-refractivity contribution in [3.63, 3.8) is 0 Å². The molecular formula is C6H8O3S. The maximum Gasteiger partial charge on any atom is 0.327 e. The Morgan fingerprint density at radius 1 is 1.40 bits per heavy atom. The van der Waals surface area contributed by atoms with Gasteiger partial charge in [-0.05, 0) is 6.26 Å². The van der Waals surface area contributed by atoms with Crippen LogP contribution in [0.1, 0.15) is 6.92 Å². The minimum atomic E-state index is -0.399. The van der Waals surface area contributed by atoms with E-state index in [2.05, 4.69) is 4.74 Å². The van der Waals surface area contributed by atoms with Crippen molar-refractivity contribution in [2.45, 2.75) is 12.2 Å². The molecule has 1 saturated heterocycles. The van der Waals surface area contributed by atoms with Crippen molar-refractivity contribution in [3.8, 4) is 0 Å². The number of esters is 2. The van der Waals surface area contributed by atoms with Crippen molar-refractivity contribution in [1.82, 2.24) is 0 Å². The highest BCUT2D eigenvalue weighted by Crippen LogP contribution is 2.25. The summed E-state index contributed by atoms with van der Waals surface area (Å²) in [6.45, 7) is 1.70. The Morgan fingerprint density at radius 3 is 2.20 bits per heavy atom. The normalized spacial score (nSPS) is 32.6. The summed E-state index contributed by atoms with van der Waals surface area (Å²) in [4.78, 5) is 21.5. The van der Waals surface area contributed by atoms with Crippen molar-refractivity contribution >= 4 is 23.7 Å². The Kier molecular flexibility index (Phi) is 1.99. The van der Waals surface area contributed by atoms with E-state index in [1.165, 1.54) is 11.8 Å². The molecule has 0 aromatic carbocycles. The third kappa shape index (κ3) is 1.03. The Bertz CT molecular complexity index is 178. The summed E-state index contributed by atoms with van der Waals surface area (Å²) in [5.74, 6) is -1.07. The number of rotatable bonds is 1. The highest BCUT2D eigenvalue weighted by atomic mass is 32.2. The van der Waals surface area contributed by atoms with Crippen LogP contribution in [0.5, 0.6) is 0 Å². The van der Waals surface area contributed by atoms with Crippen LogP contribution in [0, 0.1) is 5.92 Å². The smallest absolute Gasteiger partial charge is 0.327 e. The number of thioether (sulfide) groups is 1. The van der Waals surface area contributed by atoms with Gasteiger partial charge in [0.05, 0.1) is 5.92 Å². The first-order valence-electron chi connectivity index (χ1n) is 2.95. The van der Waals surface area contributed by atoms with Gasteiger partial charge in [0.1, 0.15) is 5.25 Å². The Balaban J connectivity index is 2.73. The summed E-state index contributed by atoms with van der Waals surface area (Å²) in [5.41, 5.74) is 0. The Hall–Kier alpha value is -0.510. The van der Waals surface area contributed by atoms with E-state index >= 15 is 0 Å². The van der Waals surface area contributed by atoms with Gasteiger partial charge in [-0.25, -0.2) is 0 Å². The fraction of sp³-hybridized carbons (Fsp3) is 0.667. The second-order valence-electron chi connectivity index (χ2n) is 2.19. The number of cyclic esters (lactones) is 2. The molecule has 0 aliphatic carbocycles. The van der Waals surface area contributed by atoms with Gasteiger partial charge < -0.3 is 4.74 Å². The molecule has 0 N–H and O–H groups in total. The Morgan fingerprint density at radius 2 is 2.00 bits per heavy atom. The molecule has 0 amide bonds. The lowest BCUT2D eigenvalue weighted by Crippen LogP contribution is -2.16. The summed E-state index contributed by atoms with van der Waals surface area (Å²) in [7, 11) is 0. The zero-order chi connectivity index (χ0) is 7.72. The van der Waals surface area contributed by atoms with Gasteiger partial charge in [0.15, 0.2) is 0 Å². The molecule has 0 aromatic rings. The van der Waals surface area contributed by atoms with Crippen molar-refractivity contribution in [1.29, 1.82) is 0 Å². The number of hydrogen-bond acceptors (Lipinski definition) is 4. The van der Waals surface area contributed by atoms with Gasteiger partial charge in [0.25, 0.3) is 0 Å². The predicted molar refractivity (Wildman–Crippen MR) is 37.6 cm³/mol. The van der Waals surface area contributed by atoms with E-state index in [1.54, 1.807) is 13.2 Å². The topological polar surface area (TPSA) is 43.4 Å². The third-order valence-electron chi connectivity index (χ3n) is 1.51. The highest BCUT2D eigenvalue weighted by Gasteiger charge is 2.40. The molecule has 2 unspecified atom stereocenters. The number of hydrogen-bond donors (Lipinski definition) is 0. The monoisotopic (exact) mass is 160 g/mol. The molecule has 1 fully saturated rings. The SMILES string of the molecule is CSC1C(=O)OC(=O)C1C. The number of ether oxygens (including phenoxy) is 1. The van der Waals surface area contributed by atoms with Gasteiger partial charge in [-0.1, -0.05) is 6.92 Å². The van der Waals surface area contributed by atoms with Crippen LogP contribution in [0.15, 0.2) is 0 Å². The minimum absolute atomic E-state index is 0.275. The standard InChI is InChI=1S/C6H8O3S/c1-3-4(10-2)6(8)9-5(3)7/h3-4H,1-2H3. The maximum absolute atomic E-state index is 10.8. The predicted octanol–water partition coefficient (Wildman–Crippen LogP) is 0.437. The van der Waals surface area contributed by atoms with Gasteiger partial charge in [-0.3, -0.25) is 9.59 Å². The molecular weight excluding hydrogens is 152 g/mol. The number of carbonyl (C=O) groups is 2. The van der Waals surface area contributed by atoms with Crippen molar-refractivity contribution < 1.29 is 14.3 Å². The molecule has 56 valence electrons. The highest BCUT2D eigenvalue weighted by molar-refractivity contribution is 8.00. The summed E-state index contributed by atoms with van der Waals surface area (Å²) >= 11 is 1.36. The zero-order valence-electron chi connectivity index (χ0n) is 5.79. The minimum Gasteiger partial charge on any atom is -0.392 e. The van der Waals surface area contributed by atoms with E-state index < -0.39 is 11.9 Å². The first-order chi connectivity index (χ1) is 4.66. The van der Waals surface area contributed by atoms with E-state index in [-0.39, 0.29) is 11.2 Å². The van der Waals surface area contributed by atoms with E-state index in [0.29, 0.717) is 0 Å². The van der Waals surface area contributed by atoms with Crippen LogP contribution in [-0.4, -0.2) is 23.4 Å². The quantitative estimate of drug-likeness (QED) is 0.412. The second kappa shape index (κ2) is 2.62. The largest absolute Gasteiger partial charge is 0.392 e. The summed E-state index contributed by atoms with van der Waals surface area (Å²) in [6, 6.07) is 0. The van der Waals surface area contributed by atoms with E-state index in [1.807, 2.05) is 0 Å². The van der Waals surface area contributed by atoms with Crippen molar-refractivity contribution in [2.75, 3.05) is 6.26 Å². The molecule has 4 heteroatoms. The van der Waals surface area contributed by atoms with E-state index in [9.17, 15) is 9.59 Å². The molecule has 3 nitrogen and oxygen atoms in total. The average molecular weight is 160 g/mol. The zero-order valence-corrected chi connectivity index (χ0v) is 6.60. The van der Waals surface area contributed by atoms with Crippen molar-refractivity contribution in [2.24, 2.45) is 5.92 Å². The summed E-state index contributed by atoms with van der Waals surface area (Å²) in [6.07, 6.45) is 1.79.